The smallest absolute Gasteiger partial charge is 0.222 e. The van der Waals surface area contributed by atoms with Gasteiger partial charge in [0.05, 0.1) is 0 Å². The normalized spacial score (nSPS) is 23.5. The molecule has 2 aliphatic rings. The van der Waals surface area contributed by atoms with Crippen LogP contribution in [-0.2, 0) is 4.79 Å². The van der Waals surface area contributed by atoms with E-state index in [1.165, 1.54) is 6.42 Å². The first-order valence-electron chi connectivity index (χ1n) is 9.38. The van der Waals surface area contributed by atoms with Crippen molar-refractivity contribution in [3.63, 3.8) is 0 Å². The molecular formula is C20H33N3O2S. The summed E-state index contributed by atoms with van der Waals surface area (Å²) in [7, 11) is 0. The summed E-state index contributed by atoms with van der Waals surface area (Å²) in [5, 5.41) is 2.81. The van der Waals surface area contributed by atoms with Crippen molar-refractivity contribution in [2.75, 3.05) is 31.1 Å². The molecule has 146 valence electrons. The number of hydrogen-bond acceptors (Lipinski definition) is 5. The summed E-state index contributed by atoms with van der Waals surface area (Å²) in [6, 6.07) is 0. The Morgan fingerprint density at radius 3 is 2.77 bits per heavy atom. The van der Waals surface area contributed by atoms with Gasteiger partial charge in [-0.15, -0.1) is 11.3 Å². The third-order valence-corrected chi connectivity index (χ3v) is 6.41. The van der Waals surface area contributed by atoms with Crippen LogP contribution in [-0.4, -0.2) is 47.8 Å². The lowest BCUT2D eigenvalue weighted by Crippen LogP contribution is -2.54. The summed E-state index contributed by atoms with van der Waals surface area (Å²) >= 11 is 1.56. The molecule has 0 N–H and O–H groups in total. The molecule has 6 heteroatoms. The number of carbonyl (C=O) groups is 2. The van der Waals surface area contributed by atoms with Crippen LogP contribution in [0.3, 0.4) is 0 Å². The minimum absolute atomic E-state index is 0. The lowest BCUT2D eigenvalue weighted by Gasteiger charge is -2.48. The summed E-state index contributed by atoms with van der Waals surface area (Å²) in [6.45, 7) is 9.68. The average Bonchev–Trinajstić information content (AvgIpc) is 3.06. The summed E-state index contributed by atoms with van der Waals surface area (Å²) in [6.07, 6.45) is 5.02. The zero-order valence-corrected chi connectivity index (χ0v) is 16.4. The molecule has 1 unspecified atom stereocenters. The molecule has 0 radical (unpaired) electrons. The number of likely N-dealkylation sites (tertiary alicyclic amines) is 1. The number of amides is 1. The lowest BCUT2D eigenvalue weighted by molar-refractivity contribution is -0.138. The zero-order chi connectivity index (χ0) is 18.0. The lowest BCUT2D eigenvalue weighted by atomic mass is 9.73. The van der Waals surface area contributed by atoms with Crippen molar-refractivity contribution in [1.29, 1.82) is 0 Å². The van der Waals surface area contributed by atoms with Gasteiger partial charge in [0.25, 0.3) is 0 Å². The molecule has 0 bridgehead atoms. The maximum Gasteiger partial charge on any atom is 0.222 e. The van der Waals surface area contributed by atoms with Crippen molar-refractivity contribution >= 4 is 28.2 Å². The Labute approximate surface area is 161 Å². The number of thiazole rings is 1. The van der Waals surface area contributed by atoms with E-state index in [1.807, 2.05) is 5.38 Å². The highest BCUT2D eigenvalue weighted by Crippen LogP contribution is 2.40. The second-order valence-corrected chi connectivity index (χ2v) is 8.93. The van der Waals surface area contributed by atoms with E-state index >= 15 is 0 Å². The van der Waals surface area contributed by atoms with E-state index in [9.17, 15) is 9.59 Å². The number of ketones is 1. The highest BCUT2D eigenvalue weighted by molar-refractivity contribution is 7.13. The molecule has 1 aromatic heterocycles. The van der Waals surface area contributed by atoms with Gasteiger partial charge in [-0.3, -0.25) is 9.59 Å². The predicted octanol–water partition coefficient (Wildman–Crippen LogP) is 4.24. The largest absolute Gasteiger partial charge is 0.347 e. The number of Topliss-reactive ketones (excluding diaryl/α,β-unsaturated/α-hetero) is 1. The van der Waals surface area contributed by atoms with Crippen molar-refractivity contribution in [2.24, 2.45) is 11.3 Å². The Hall–Kier alpha value is -1.43. The fourth-order valence-electron chi connectivity index (χ4n) is 4.00. The maximum atomic E-state index is 12.3. The Kier molecular flexibility index (Phi) is 6.83. The van der Waals surface area contributed by atoms with Crippen molar-refractivity contribution in [1.82, 2.24) is 9.88 Å². The van der Waals surface area contributed by atoms with Gasteiger partial charge in [0.15, 0.2) is 10.9 Å². The fraction of sp³-hybridized carbons (Fsp3) is 0.750. The van der Waals surface area contributed by atoms with Crippen LogP contribution < -0.4 is 4.90 Å². The standard InChI is InChI=1S/C19H29N3O2S.CH4/c1-14(2)6-10-21-12-19(8-5-17(21)24)7-4-9-22(13-19)18-20-16(11-25-18)15(3)23;/h11,14H,4-10,12-13H2,1-3H3;1H4. The number of hydrogen-bond donors (Lipinski definition) is 0. The van der Waals surface area contributed by atoms with E-state index in [1.54, 1.807) is 18.3 Å². The van der Waals surface area contributed by atoms with Crippen LogP contribution in [0.4, 0.5) is 5.13 Å². The topological polar surface area (TPSA) is 53.5 Å². The average molecular weight is 380 g/mol. The van der Waals surface area contributed by atoms with Gasteiger partial charge in [-0.2, -0.15) is 0 Å². The van der Waals surface area contributed by atoms with Crippen molar-refractivity contribution in [2.45, 2.75) is 60.3 Å². The van der Waals surface area contributed by atoms with Crippen molar-refractivity contribution in [3.05, 3.63) is 11.1 Å². The molecule has 0 saturated carbocycles. The van der Waals surface area contributed by atoms with Gasteiger partial charge in [-0.1, -0.05) is 21.3 Å². The molecule has 5 nitrogen and oxygen atoms in total. The van der Waals surface area contributed by atoms with E-state index in [-0.39, 0.29) is 18.6 Å². The molecular weight excluding hydrogens is 346 g/mol. The molecule has 26 heavy (non-hydrogen) atoms. The van der Waals surface area contributed by atoms with Crippen LogP contribution in [0.15, 0.2) is 5.38 Å². The fourth-order valence-corrected chi connectivity index (χ4v) is 4.89. The number of nitrogens with zero attached hydrogens (tertiary/aromatic N) is 3. The molecule has 3 heterocycles. The predicted molar refractivity (Wildman–Crippen MR) is 108 cm³/mol. The van der Waals surface area contributed by atoms with Crippen LogP contribution in [0.25, 0.3) is 0 Å². The molecule has 0 aromatic carbocycles. The number of aromatic nitrogens is 1. The molecule has 3 rings (SSSR count). The monoisotopic (exact) mass is 379 g/mol. The molecule has 2 saturated heterocycles. The minimum atomic E-state index is 0. The van der Waals surface area contributed by atoms with Gasteiger partial charge in [-0.05, 0) is 31.6 Å². The van der Waals surface area contributed by atoms with Crippen LogP contribution in [0.5, 0.6) is 0 Å². The first kappa shape index (κ1) is 20.9. The summed E-state index contributed by atoms with van der Waals surface area (Å²) in [5.74, 6) is 0.961. The van der Waals surface area contributed by atoms with E-state index in [0.29, 0.717) is 23.9 Å². The SMILES string of the molecule is C.CC(=O)c1csc(N2CCCC3(CCC(=O)N(CCC(C)C)C3)C2)n1. The van der Waals surface area contributed by atoms with Crippen molar-refractivity contribution < 1.29 is 9.59 Å². The Morgan fingerprint density at radius 2 is 2.12 bits per heavy atom. The second kappa shape index (κ2) is 8.51. The summed E-state index contributed by atoms with van der Waals surface area (Å²) < 4.78 is 0. The number of carbonyl (C=O) groups excluding carboxylic acids is 2. The highest BCUT2D eigenvalue weighted by Gasteiger charge is 2.42. The van der Waals surface area contributed by atoms with E-state index in [2.05, 4.69) is 28.6 Å². The molecule has 1 amide bonds. The van der Waals surface area contributed by atoms with Crippen LogP contribution in [0.1, 0.15) is 70.8 Å². The third-order valence-electron chi connectivity index (χ3n) is 5.51. The van der Waals surface area contributed by atoms with Crippen molar-refractivity contribution in [3.8, 4) is 0 Å². The van der Waals surface area contributed by atoms with Gasteiger partial charge >= 0.3 is 0 Å². The number of anilines is 1. The molecule has 2 aliphatic heterocycles. The Bertz CT molecular complexity index is 643. The molecule has 1 aromatic rings. The van der Waals surface area contributed by atoms with Crippen LogP contribution >= 0.6 is 11.3 Å². The maximum absolute atomic E-state index is 12.3. The zero-order valence-electron chi connectivity index (χ0n) is 15.6. The quantitative estimate of drug-likeness (QED) is 0.718. The van der Waals surface area contributed by atoms with Gasteiger partial charge in [0.2, 0.25) is 5.91 Å². The second-order valence-electron chi connectivity index (χ2n) is 8.09. The first-order valence-corrected chi connectivity index (χ1v) is 10.3. The Morgan fingerprint density at radius 1 is 1.35 bits per heavy atom. The Balaban J connectivity index is 0.00000243. The molecule has 2 fully saturated rings. The molecule has 1 spiro atoms. The van der Waals surface area contributed by atoms with E-state index in [4.69, 9.17) is 0 Å². The number of rotatable bonds is 5. The first-order chi connectivity index (χ1) is 11.9. The van der Waals surface area contributed by atoms with Gasteiger partial charge in [-0.25, -0.2) is 4.98 Å². The highest BCUT2D eigenvalue weighted by atomic mass is 32.1. The van der Waals surface area contributed by atoms with Crippen LogP contribution in [0, 0.1) is 11.3 Å². The minimum Gasteiger partial charge on any atom is -0.347 e. The summed E-state index contributed by atoms with van der Waals surface area (Å²) in [5.41, 5.74) is 0.752. The van der Waals surface area contributed by atoms with Gasteiger partial charge in [0.1, 0.15) is 5.69 Å². The van der Waals surface area contributed by atoms with Gasteiger partial charge in [0, 0.05) is 50.3 Å². The van der Waals surface area contributed by atoms with E-state index in [0.717, 1.165) is 50.6 Å². The molecule has 1 atom stereocenters. The van der Waals surface area contributed by atoms with E-state index < -0.39 is 0 Å². The third kappa shape index (κ3) is 4.64. The molecule has 0 aliphatic carbocycles. The van der Waals surface area contributed by atoms with Gasteiger partial charge < -0.3 is 9.80 Å². The number of piperidine rings is 2. The van der Waals surface area contributed by atoms with Crippen LogP contribution in [0.2, 0.25) is 0 Å². The summed E-state index contributed by atoms with van der Waals surface area (Å²) in [4.78, 5) is 32.8.